The highest BCUT2D eigenvalue weighted by atomic mass is 16.5. The summed E-state index contributed by atoms with van der Waals surface area (Å²) in [6, 6.07) is 0. The first-order chi connectivity index (χ1) is 10.2. The molecule has 0 aromatic rings. The standard InChI is InChI=1S/C19H38O2/c1-4-5-6-7-8-9-12-15-18(2)16-13-10-11-14-17-19(20)21-3/h18H,4-17H2,1-3H3. The molecule has 0 aliphatic rings. The first-order valence-corrected chi connectivity index (χ1v) is 9.27. The van der Waals surface area contributed by atoms with Crippen molar-refractivity contribution in [2.75, 3.05) is 7.11 Å². The van der Waals surface area contributed by atoms with Crippen molar-refractivity contribution in [2.24, 2.45) is 5.92 Å². The lowest BCUT2D eigenvalue weighted by Gasteiger charge is -2.11. The molecule has 0 aliphatic heterocycles. The molecule has 126 valence electrons. The molecule has 0 spiro atoms. The Kier molecular flexibility index (Phi) is 15.5. The predicted octanol–water partition coefficient (Wildman–Crippen LogP) is 6.28. The highest BCUT2D eigenvalue weighted by Crippen LogP contribution is 2.18. The Bertz CT molecular complexity index is 226. The Morgan fingerprint density at radius 2 is 1.29 bits per heavy atom. The number of hydrogen-bond donors (Lipinski definition) is 0. The molecular weight excluding hydrogens is 260 g/mol. The molecule has 2 heteroatoms. The smallest absolute Gasteiger partial charge is 0.305 e. The summed E-state index contributed by atoms with van der Waals surface area (Å²) in [5.74, 6) is 0.809. The Morgan fingerprint density at radius 1 is 0.810 bits per heavy atom. The van der Waals surface area contributed by atoms with Crippen LogP contribution in [0.15, 0.2) is 0 Å². The van der Waals surface area contributed by atoms with Crippen molar-refractivity contribution in [1.82, 2.24) is 0 Å². The van der Waals surface area contributed by atoms with Crippen molar-refractivity contribution in [1.29, 1.82) is 0 Å². The minimum absolute atomic E-state index is 0.0673. The summed E-state index contributed by atoms with van der Waals surface area (Å²) in [5.41, 5.74) is 0. The fourth-order valence-corrected chi connectivity index (χ4v) is 2.81. The average molecular weight is 299 g/mol. The Morgan fingerprint density at radius 3 is 1.81 bits per heavy atom. The maximum absolute atomic E-state index is 11.0. The van der Waals surface area contributed by atoms with Crippen molar-refractivity contribution in [3.8, 4) is 0 Å². The van der Waals surface area contributed by atoms with Gasteiger partial charge in [0.1, 0.15) is 0 Å². The van der Waals surface area contributed by atoms with Gasteiger partial charge in [-0.2, -0.15) is 0 Å². The predicted molar refractivity (Wildman–Crippen MR) is 91.5 cm³/mol. The second kappa shape index (κ2) is 15.9. The number of rotatable bonds is 15. The van der Waals surface area contributed by atoms with Gasteiger partial charge in [0.25, 0.3) is 0 Å². The zero-order chi connectivity index (χ0) is 15.8. The van der Waals surface area contributed by atoms with E-state index in [1.54, 1.807) is 0 Å². The van der Waals surface area contributed by atoms with E-state index in [0.717, 1.165) is 12.3 Å². The van der Waals surface area contributed by atoms with Gasteiger partial charge < -0.3 is 4.74 Å². The van der Waals surface area contributed by atoms with Gasteiger partial charge in [-0.1, -0.05) is 90.9 Å². The summed E-state index contributed by atoms with van der Waals surface area (Å²) in [7, 11) is 1.47. The van der Waals surface area contributed by atoms with Crippen LogP contribution < -0.4 is 0 Å². The van der Waals surface area contributed by atoms with E-state index in [2.05, 4.69) is 18.6 Å². The SMILES string of the molecule is CCCCCCCCCC(C)CCCCCCC(=O)OC. The van der Waals surface area contributed by atoms with Crippen LogP contribution in [0.1, 0.15) is 104 Å². The number of ether oxygens (including phenoxy) is 1. The number of esters is 1. The van der Waals surface area contributed by atoms with Crippen LogP contribution in [-0.2, 0) is 9.53 Å². The third-order valence-electron chi connectivity index (χ3n) is 4.36. The van der Waals surface area contributed by atoms with Crippen LogP contribution in [0.5, 0.6) is 0 Å². The third kappa shape index (κ3) is 15.7. The van der Waals surface area contributed by atoms with Crippen LogP contribution in [-0.4, -0.2) is 13.1 Å². The van der Waals surface area contributed by atoms with E-state index >= 15 is 0 Å². The summed E-state index contributed by atoms with van der Waals surface area (Å²) >= 11 is 0. The molecule has 0 heterocycles. The van der Waals surface area contributed by atoms with Gasteiger partial charge in [0.15, 0.2) is 0 Å². The van der Waals surface area contributed by atoms with Gasteiger partial charge in [0.2, 0.25) is 0 Å². The zero-order valence-corrected chi connectivity index (χ0v) is 14.8. The number of unbranched alkanes of at least 4 members (excludes halogenated alkanes) is 9. The van der Waals surface area contributed by atoms with E-state index in [9.17, 15) is 4.79 Å². The molecule has 0 aliphatic carbocycles. The largest absolute Gasteiger partial charge is 0.469 e. The van der Waals surface area contributed by atoms with Crippen molar-refractivity contribution < 1.29 is 9.53 Å². The van der Waals surface area contributed by atoms with E-state index in [0.29, 0.717) is 6.42 Å². The molecule has 0 aromatic carbocycles. The molecule has 0 fully saturated rings. The summed E-state index contributed by atoms with van der Waals surface area (Å²) < 4.78 is 4.64. The van der Waals surface area contributed by atoms with E-state index in [-0.39, 0.29) is 5.97 Å². The molecule has 0 saturated carbocycles. The summed E-state index contributed by atoms with van der Waals surface area (Å²) in [6.07, 6.45) is 18.0. The molecule has 0 bridgehead atoms. The van der Waals surface area contributed by atoms with E-state index in [1.165, 1.54) is 84.2 Å². The highest BCUT2D eigenvalue weighted by molar-refractivity contribution is 5.68. The molecule has 2 nitrogen and oxygen atoms in total. The second-order valence-corrected chi connectivity index (χ2v) is 6.54. The van der Waals surface area contributed by atoms with Crippen LogP contribution in [0, 0.1) is 5.92 Å². The van der Waals surface area contributed by atoms with Gasteiger partial charge in [-0.15, -0.1) is 0 Å². The molecule has 0 amide bonds. The molecular formula is C19H38O2. The fourth-order valence-electron chi connectivity index (χ4n) is 2.81. The number of carbonyl (C=O) groups is 1. The van der Waals surface area contributed by atoms with Crippen LogP contribution in [0.3, 0.4) is 0 Å². The van der Waals surface area contributed by atoms with Crippen LogP contribution in [0.25, 0.3) is 0 Å². The molecule has 1 atom stereocenters. The van der Waals surface area contributed by atoms with E-state index in [4.69, 9.17) is 0 Å². The van der Waals surface area contributed by atoms with Crippen molar-refractivity contribution in [3.63, 3.8) is 0 Å². The van der Waals surface area contributed by atoms with Crippen LogP contribution >= 0.6 is 0 Å². The monoisotopic (exact) mass is 298 g/mol. The summed E-state index contributed by atoms with van der Waals surface area (Å²) in [6.45, 7) is 4.67. The molecule has 1 unspecified atom stereocenters. The number of carbonyl (C=O) groups excluding carboxylic acids is 1. The van der Waals surface area contributed by atoms with Gasteiger partial charge in [0, 0.05) is 6.42 Å². The maximum atomic E-state index is 11.0. The maximum Gasteiger partial charge on any atom is 0.305 e. The first-order valence-electron chi connectivity index (χ1n) is 9.27. The van der Waals surface area contributed by atoms with Gasteiger partial charge in [-0.25, -0.2) is 0 Å². The zero-order valence-electron chi connectivity index (χ0n) is 14.8. The van der Waals surface area contributed by atoms with Crippen molar-refractivity contribution in [3.05, 3.63) is 0 Å². The van der Waals surface area contributed by atoms with Gasteiger partial charge >= 0.3 is 5.97 Å². The fraction of sp³-hybridized carbons (Fsp3) is 0.947. The lowest BCUT2D eigenvalue weighted by Crippen LogP contribution is -1.99. The lowest BCUT2D eigenvalue weighted by atomic mass is 9.96. The van der Waals surface area contributed by atoms with Crippen molar-refractivity contribution >= 4 is 5.97 Å². The number of methoxy groups -OCH3 is 1. The molecule has 0 radical (unpaired) electrons. The summed E-state index contributed by atoms with van der Waals surface area (Å²) in [5, 5.41) is 0. The average Bonchev–Trinajstić information content (AvgIpc) is 2.49. The van der Waals surface area contributed by atoms with E-state index < -0.39 is 0 Å². The first kappa shape index (κ1) is 20.5. The second-order valence-electron chi connectivity index (χ2n) is 6.54. The molecule has 21 heavy (non-hydrogen) atoms. The Balaban J connectivity index is 3.19. The van der Waals surface area contributed by atoms with Crippen LogP contribution in [0.4, 0.5) is 0 Å². The number of hydrogen-bond acceptors (Lipinski definition) is 2. The lowest BCUT2D eigenvalue weighted by molar-refractivity contribution is -0.140. The molecule has 0 N–H and O–H groups in total. The quantitative estimate of drug-likeness (QED) is 0.263. The Labute approximate surface area is 133 Å². The minimum Gasteiger partial charge on any atom is -0.469 e. The third-order valence-corrected chi connectivity index (χ3v) is 4.36. The molecule has 0 saturated heterocycles. The van der Waals surface area contributed by atoms with Gasteiger partial charge in [-0.3, -0.25) is 4.79 Å². The Hall–Kier alpha value is -0.530. The van der Waals surface area contributed by atoms with Crippen LogP contribution in [0.2, 0.25) is 0 Å². The minimum atomic E-state index is -0.0673. The van der Waals surface area contributed by atoms with E-state index in [1.807, 2.05) is 0 Å². The topological polar surface area (TPSA) is 26.3 Å². The normalized spacial score (nSPS) is 12.3. The van der Waals surface area contributed by atoms with Gasteiger partial charge in [0.05, 0.1) is 7.11 Å². The summed E-state index contributed by atoms with van der Waals surface area (Å²) in [4.78, 5) is 11.0. The van der Waals surface area contributed by atoms with Crippen molar-refractivity contribution in [2.45, 2.75) is 104 Å². The molecule has 0 rings (SSSR count). The highest BCUT2D eigenvalue weighted by Gasteiger charge is 2.03. The molecule has 0 aromatic heterocycles. The van der Waals surface area contributed by atoms with Gasteiger partial charge in [-0.05, 0) is 12.3 Å².